The van der Waals surface area contributed by atoms with Crippen molar-refractivity contribution >= 4 is 22.6 Å². The van der Waals surface area contributed by atoms with Gasteiger partial charge in [-0.25, -0.2) is 18.7 Å². The fraction of sp³-hybridized carbons (Fsp3) is 0.263. The highest BCUT2D eigenvalue weighted by atomic mass is 19.3. The van der Waals surface area contributed by atoms with Crippen LogP contribution in [0.2, 0.25) is 0 Å². The van der Waals surface area contributed by atoms with Crippen molar-refractivity contribution in [2.45, 2.75) is 31.2 Å². The van der Waals surface area contributed by atoms with Crippen LogP contribution in [0.15, 0.2) is 42.9 Å². The smallest absolute Gasteiger partial charge is 0.252 e. The highest BCUT2D eigenvalue weighted by Gasteiger charge is 2.45. The van der Waals surface area contributed by atoms with Crippen LogP contribution in [-0.4, -0.2) is 31.9 Å². The van der Waals surface area contributed by atoms with Crippen LogP contribution in [0.4, 0.5) is 14.7 Å². The van der Waals surface area contributed by atoms with Gasteiger partial charge in [0.1, 0.15) is 0 Å². The fourth-order valence-electron chi connectivity index (χ4n) is 3.53. The second kappa shape index (κ2) is 5.52. The van der Waals surface area contributed by atoms with Crippen LogP contribution in [-0.2, 0) is 6.42 Å². The van der Waals surface area contributed by atoms with E-state index in [1.54, 1.807) is 18.6 Å². The Bertz CT molecular complexity index is 1040. The minimum absolute atomic E-state index is 0.158. The molecule has 7 heteroatoms. The third-order valence-corrected chi connectivity index (χ3v) is 4.86. The summed E-state index contributed by atoms with van der Waals surface area (Å²) in [4.78, 5) is 17.5. The van der Waals surface area contributed by atoms with Crippen molar-refractivity contribution < 1.29 is 8.78 Å². The molecule has 2 aliphatic carbocycles. The summed E-state index contributed by atoms with van der Waals surface area (Å²) in [5.74, 6) is -2.13. The molecule has 2 heterocycles. The van der Waals surface area contributed by atoms with Crippen LogP contribution < -0.4 is 5.32 Å². The van der Waals surface area contributed by atoms with Gasteiger partial charge in [-0.15, -0.1) is 0 Å². The topological polar surface area (TPSA) is 63.6 Å². The highest BCUT2D eigenvalue weighted by molar-refractivity contribution is 5.88. The number of halogens is 2. The van der Waals surface area contributed by atoms with E-state index in [2.05, 4.69) is 31.3 Å². The number of fused-ring (bicyclic) bond motifs is 2. The Morgan fingerprint density at radius 1 is 1.04 bits per heavy atom. The first-order valence-corrected chi connectivity index (χ1v) is 8.49. The Morgan fingerprint density at radius 3 is 2.65 bits per heavy atom. The van der Waals surface area contributed by atoms with Gasteiger partial charge in [-0.2, -0.15) is 0 Å². The van der Waals surface area contributed by atoms with Crippen molar-refractivity contribution in [3.63, 3.8) is 0 Å². The largest absolute Gasteiger partial charge is 0.351 e. The van der Waals surface area contributed by atoms with Crippen molar-refractivity contribution in [2.24, 2.45) is 0 Å². The van der Waals surface area contributed by atoms with E-state index in [0.717, 1.165) is 33.4 Å². The number of nitrogens with one attached hydrogen (secondary N) is 1. The van der Waals surface area contributed by atoms with Crippen molar-refractivity contribution in [1.82, 2.24) is 19.9 Å². The Morgan fingerprint density at radius 2 is 1.85 bits per heavy atom. The first-order valence-electron chi connectivity index (χ1n) is 8.49. The molecule has 0 amide bonds. The molecule has 0 unspecified atom stereocenters. The maximum Gasteiger partial charge on any atom is 0.252 e. The van der Waals surface area contributed by atoms with E-state index in [9.17, 15) is 8.78 Å². The maximum absolute atomic E-state index is 13.0. The summed E-state index contributed by atoms with van der Waals surface area (Å²) < 4.78 is 25.9. The summed E-state index contributed by atoms with van der Waals surface area (Å²) in [6, 6.07) is 5.71. The molecule has 0 aliphatic heterocycles. The van der Waals surface area contributed by atoms with Crippen molar-refractivity contribution in [3.8, 4) is 0 Å². The molecule has 5 nitrogen and oxygen atoms in total. The normalized spacial score (nSPS) is 18.3. The number of nitrogens with zero attached hydrogens (tertiary/aromatic N) is 4. The van der Waals surface area contributed by atoms with Gasteiger partial charge in [0.2, 0.25) is 5.95 Å². The summed E-state index contributed by atoms with van der Waals surface area (Å²) in [5, 5.41) is 3.00. The van der Waals surface area contributed by atoms with E-state index in [-0.39, 0.29) is 18.9 Å². The molecule has 1 saturated carbocycles. The van der Waals surface area contributed by atoms with Gasteiger partial charge in [-0.1, -0.05) is 12.1 Å². The summed E-state index contributed by atoms with van der Waals surface area (Å²) in [7, 11) is 0. The Kier molecular flexibility index (Phi) is 3.25. The number of hydrogen-bond acceptors (Lipinski definition) is 5. The zero-order valence-corrected chi connectivity index (χ0v) is 13.8. The van der Waals surface area contributed by atoms with Crippen molar-refractivity contribution in [1.29, 1.82) is 0 Å². The van der Waals surface area contributed by atoms with Gasteiger partial charge >= 0.3 is 0 Å². The molecule has 1 aromatic carbocycles. The molecule has 3 aromatic rings. The van der Waals surface area contributed by atoms with Crippen LogP contribution in [0.5, 0.6) is 0 Å². The molecule has 2 aromatic heterocycles. The highest BCUT2D eigenvalue weighted by Crippen LogP contribution is 2.39. The minimum atomic E-state index is -2.55. The van der Waals surface area contributed by atoms with E-state index in [1.807, 2.05) is 18.2 Å². The molecule has 0 atom stereocenters. The van der Waals surface area contributed by atoms with Crippen molar-refractivity contribution in [3.05, 3.63) is 59.7 Å². The quantitative estimate of drug-likeness (QED) is 0.781. The van der Waals surface area contributed by atoms with Gasteiger partial charge in [0, 0.05) is 49.5 Å². The van der Waals surface area contributed by atoms with Gasteiger partial charge in [0.15, 0.2) is 0 Å². The zero-order chi connectivity index (χ0) is 17.7. The number of aromatic nitrogens is 4. The first-order chi connectivity index (χ1) is 12.6. The monoisotopic (exact) mass is 351 g/mol. The van der Waals surface area contributed by atoms with E-state index < -0.39 is 5.92 Å². The van der Waals surface area contributed by atoms with Gasteiger partial charge in [0.05, 0.1) is 16.7 Å². The Balaban J connectivity index is 1.40. The molecule has 0 saturated heterocycles. The SMILES string of the molecule is FC1(F)CC(Nc2ncc3c(n2)CC=C3c2ccc3nccnc3c2)C1. The third-order valence-electron chi connectivity index (χ3n) is 4.86. The number of allylic oxidation sites excluding steroid dienone is 1. The standard InChI is InChI=1S/C19H15F2N5/c20-19(21)8-12(9-19)25-18-24-10-14-13(2-4-15(14)26-18)11-1-3-16-17(7-11)23-6-5-22-16/h1-3,5-7,10,12H,4,8-9H2,(H,24,25,26). The second-order valence-electron chi connectivity index (χ2n) is 6.74. The average molecular weight is 351 g/mol. The molecule has 0 radical (unpaired) electrons. The molecule has 0 spiro atoms. The summed E-state index contributed by atoms with van der Waals surface area (Å²) in [5.41, 5.74) is 5.67. The third kappa shape index (κ3) is 2.60. The summed E-state index contributed by atoms with van der Waals surface area (Å²) in [6.07, 6.45) is 7.60. The van der Waals surface area contributed by atoms with Crippen LogP contribution in [0.3, 0.4) is 0 Å². The molecule has 1 fully saturated rings. The number of anilines is 1. The van der Waals surface area contributed by atoms with Crippen LogP contribution in [0, 0.1) is 0 Å². The van der Waals surface area contributed by atoms with Crippen LogP contribution >= 0.6 is 0 Å². The Hall–Kier alpha value is -2.96. The van der Waals surface area contributed by atoms with Gasteiger partial charge in [-0.05, 0) is 23.3 Å². The Labute approximate surface area is 148 Å². The molecular weight excluding hydrogens is 336 g/mol. The first kappa shape index (κ1) is 15.3. The average Bonchev–Trinajstić information content (AvgIpc) is 3.03. The van der Waals surface area contributed by atoms with Gasteiger partial charge < -0.3 is 5.32 Å². The lowest BCUT2D eigenvalue weighted by Crippen LogP contribution is -2.44. The van der Waals surface area contributed by atoms with E-state index in [4.69, 9.17) is 0 Å². The molecule has 26 heavy (non-hydrogen) atoms. The predicted octanol–water partition coefficient (Wildman–Crippen LogP) is 3.62. The number of alkyl halides is 2. The van der Waals surface area contributed by atoms with E-state index >= 15 is 0 Å². The lowest BCUT2D eigenvalue weighted by Gasteiger charge is -2.35. The lowest BCUT2D eigenvalue weighted by molar-refractivity contribution is -0.0794. The van der Waals surface area contributed by atoms with Crippen LogP contribution in [0.25, 0.3) is 16.6 Å². The maximum atomic E-state index is 13.0. The van der Waals surface area contributed by atoms with Gasteiger partial charge in [-0.3, -0.25) is 9.97 Å². The predicted molar refractivity (Wildman–Crippen MR) is 93.9 cm³/mol. The number of benzene rings is 1. The molecule has 130 valence electrons. The summed E-state index contributed by atoms with van der Waals surface area (Å²) >= 11 is 0. The lowest BCUT2D eigenvalue weighted by atomic mass is 9.88. The fourth-order valence-corrected chi connectivity index (χ4v) is 3.53. The molecule has 2 aliphatic rings. The molecule has 0 bridgehead atoms. The van der Waals surface area contributed by atoms with E-state index in [1.165, 1.54) is 0 Å². The van der Waals surface area contributed by atoms with Crippen LogP contribution in [0.1, 0.15) is 29.7 Å². The zero-order valence-electron chi connectivity index (χ0n) is 13.8. The van der Waals surface area contributed by atoms with Crippen molar-refractivity contribution in [2.75, 3.05) is 5.32 Å². The molecular formula is C19H15F2N5. The summed E-state index contributed by atoms with van der Waals surface area (Å²) in [6.45, 7) is 0. The number of rotatable bonds is 3. The second-order valence-corrected chi connectivity index (χ2v) is 6.74. The minimum Gasteiger partial charge on any atom is -0.351 e. The number of hydrogen-bond donors (Lipinski definition) is 1. The van der Waals surface area contributed by atoms with Gasteiger partial charge in [0.25, 0.3) is 5.92 Å². The molecule has 5 rings (SSSR count). The van der Waals surface area contributed by atoms with E-state index in [0.29, 0.717) is 12.4 Å². The molecule has 1 N–H and O–H groups in total.